The summed E-state index contributed by atoms with van der Waals surface area (Å²) in [6.07, 6.45) is 5.95. The molecular weight excluding hydrogens is 296 g/mol. The number of amides is 1. The van der Waals surface area contributed by atoms with Gasteiger partial charge in [-0.1, -0.05) is 6.92 Å². The average Bonchev–Trinajstić information content (AvgIpc) is 3.13. The van der Waals surface area contributed by atoms with Crippen molar-refractivity contribution in [3.63, 3.8) is 0 Å². The van der Waals surface area contributed by atoms with Gasteiger partial charge in [0.05, 0.1) is 11.9 Å². The highest BCUT2D eigenvalue weighted by atomic mass is 32.1. The van der Waals surface area contributed by atoms with Gasteiger partial charge in [-0.3, -0.25) is 9.89 Å². The molecule has 4 rings (SSSR count). The lowest BCUT2D eigenvalue weighted by Gasteiger charge is -2.36. The van der Waals surface area contributed by atoms with Gasteiger partial charge < -0.3 is 10.2 Å². The fourth-order valence-electron chi connectivity index (χ4n) is 3.45. The van der Waals surface area contributed by atoms with E-state index in [0.29, 0.717) is 5.92 Å². The molecule has 22 heavy (non-hydrogen) atoms. The summed E-state index contributed by atoms with van der Waals surface area (Å²) >= 11 is 1.61. The van der Waals surface area contributed by atoms with E-state index in [1.54, 1.807) is 11.3 Å². The largest absolute Gasteiger partial charge is 0.370 e. The minimum Gasteiger partial charge on any atom is -0.370 e. The second-order valence-corrected chi connectivity index (χ2v) is 7.38. The minimum atomic E-state index is 0.0712. The Balaban J connectivity index is 1.89. The van der Waals surface area contributed by atoms with Crippen molar-refractivity contribution in [1.82, 2.24) is 15.5 Å². The van der Waals surface area contributed by atoms with E-state index >= 15 is 0 Å². The lowest BCUT2D eigenvalue weighted by molar-refractivity contribution is 0.0930. The second kappa shape index (κ2) is 5.12. The van der Waals surface area contributed by atoms with Crippen molar-refractivity contribution >= 4 is 22.9 Å². The van der Waals surface area contributed by atoms with E-state index < -0.39 is 0 Å². The van der Waals surface area contributed by atoms with Crippen LogP contribution in [0.2, 0.25) is 0 Å². The number of aromatic amines is 1. The van der Waals surface area contributed by atoms with Gasteiger partial charge in [-0.25, -0.2) is 0 Å². The molecule has 1 amide bonds. The number of hydrogen-bond acceptors (Lipinski definition) is 4. The van der Waals surface area contributed by atoms with Crippen molar-refractivity contribution in [2.45, 2.75) is 32.7 Å². The molecular formula is C16H20N4OS. The number of anilines is 1. The molecule has 116 valence electrons. The van der Waals surface area contributed by atoms with Crippen LogP contribution < -0.4 is 10.2 Å². The molecule has 4 heterocycles. The molecule has 0 bridgehead atoms. The molecule has 2 atom stereocenters. The Morgan fingerprint density at radius 3 is 3.00 bits per heavy atom. The highest BCUT2D eigenvalue weighted by Gasteiger charge is 2.34. The molecule has 0 spiro atoms. The predicted octanol–water partition coefficient (Wildman–Crippen LogP) is 2.66. The molecule has 0 aromatic carbocycles. The summed E-state index contributed by atoms with van der Waals surface area (Å²) in [4.78, 5) is 17.2. The zero-order valence-corrected chi connectivity index (χ0v) is 13.7. The maximum absolute atomic E-state index is 12.7. The predicted molar refractivity (Wildman–Crippen MR) is 88.5 cm³/mol. The number of H-pyrrole nitrogens is 1. The van der Waals surface area contributed by atoms with Gasteiger partial charge in [-0.2, -0.15) is 5.10 Å². The van der Waals surface area contributed by atoms with Gasteiger partial charge in [0.25, 0.3) is 5.91 Å². The lowest BCUT2D eigenvalue weighted by Crippen LogP contribution is -2.46. The number of rotatable bonds is 1. The van der Waals surface area contributed by atoms with Gasteiger partial charge in [0.15, 0.2) is 0 Å². The first kappa shape index (κ1) is 13.8. The number of carbonyl (C=O) groups is 1. The van der Waals surface area contributed by atoms with Crippen molar-refractivity contribution in [2.24, 2.45) is 5.92 Å². The van der Waals surface area contributed by atoms with Crippen LogP contribution in [0.4, 0.5) is 5.69 Å². The second-order valence-electron chi connectivity index (χ2n) is 6.36. The Labute approximate surface area is 133 Å². The first-order valence-corrected chi connectivity index (χ1v) is 8.67. The zero-order chi connectivity index (χ0) is 15.3. The van der Waals surface area contributed by atoms with Crippen LogP contribution >= 0.6 is 11.3 Å². The van der Waals surface area contributed by atoms with Gasteiger partial charge in [-0.05, 0) is 31.2 Å². The van der Waals surface area contributed by atoms with Crippen LogP contribution in [-0.2, 0) is 6.42 Å². The Hall–Kier alpha value is -1.82. The monoisotopic (exact) mass is 316 g/mol. The Morgan fingerprint density at radius 1 is 1.36 bits per heavy atom. The van der Waals surface area contributed by atoms with Crippen LogP contribution in [0.5, 0.6) is 0 Å². The lowest BCUT2D eigenvalue weighted by atomic mass is 9.95. The van der Waals surface area contributed by atoms with Crippen LogP contribution in [0.25, 0.3) is 10.4 Å². The summed E-state index contributed by atoms with van der Waals surface area (Å²) in [6, 6.07) is 0.200. The molecule has 0 saturated heterocycles. The SMILES string of the molecule is C[C@@H]1CN2CCCc3c(-c4cn[nH]c4)sc(c32)C(=O)N[C@H]1C. The number of thiophene rings is 1. The Morgan fingerprint density at radius 2 is 2.23 bits per heavy atom. The molecule has 0 unspecified atom stereocenters. The van der Waals surface area contributed by atoms with E-state index in [2.05, 4.69) is 34.3 Å². The molecule has 2 aromatic rings. The normalized spacial score (nSPS) is 24.5. The molecule has 2 aliphatic heterocycles. The summed E-state index contributed by atoms with van der Waals surface area (Å²) < 4.78 is 0. The van der Waals surface area contributed by atoms with Gasteiger partial charge in [0.1, 0.15) is 4.88 Å². The smallest absolute Gasteiger partial charge is 0.263 e. The van der Waals surface area contributed by atoms with Crippen molar-refractivity contribution < 1.29 is 4.79 Å². The number of hydrogen-bond donors (Lipinski definition) is 2. The summed E-state index contributed by atoms with van der Waals surface area (Å²) in [6.45, 7) is 6.37. The number of carbonyl (C=O) groups excluding carboxylic acids is 1. The van der Waals surface area contributed by atoms with E-state index in [-0.39, 0.29) is 11.9 Å². The highest BCUT2D eigenvalue weighted by molar-refractivity contribution is 7.18. The number of nitrogens with zero attached hydrogens (tertiary/aromatic N) is 2. The van der Waals surface area contributed by atoms with Crippen molar-refractivity contribution in [3.05, 3.63) is 22.8 Å². The average molecular weight is 316 g/mol. The third-order valence-electron chi connectivity index (χ3n) is 4.84. The van der Waals surface area contributed by atoms with Gasteiger partial charge in [-0.15, -0.1) is 11.3 Å². The fourth-order valence-corrected chi connectivity index (χ4v) is 4.70. The minimum absolute atomic E-state index is 0.0712. The van der Waals surface area contributed by atoms with Crippen LogP contribution in [0, 0.1) is 5.92 Å². The molecule has 0 fully saturated rings. The molecule has 5 nitrogen and oxygen atoms in total. The third kappa shape index (κ3) is 2.05. The topological polar surface area (TPSA) is 61.0 Å². The standard InChI is InChI=1S/C16H20N4OS/c1-9-8-20-5-3-4-12-13(20)15(16(21)19-10(9)2)22-14(12)11-6-17-18-7-11/h6-7,9-10H,3-5,8H2,1-2H3,(H,17,18)(H,19,21)/t9-,10+/m1/s1. The molecule has 0 aliphatic carbocycles. The van der Waals surface area contributed by atoms with Crippen LogP contribution in [0.3, 0.4) is 0 Å². The fraction of sp³-hybridized carbons (Fsp3) is 0.500. The number of aromatic nitrogens is 2. The summed E-state index contributed by atoms with van der Waals surface area (Å²) in [5.74, 6) is 0.516. The Kier molecular flexibility index (Phi) is 3.22. The van der Waals surface area contributed by atoms with Crippen molar-refractivity contribution in [1.29, 1.82) is 0 Å². The molecule has 2 N–H and O–H groups in total. The summed E-state index contributed by atoms with van der Waals surface area (Å²) in [5.41, 5.74) is 3.58. The first-order chi connectivity index (χ1) is 10.6. The molecule has 0 saturated carbocycles. The van der Waals surface area contributed by atoms with Gasteiger partial charge in [0, 0.05) is 35.8 Å². The van der Waals surface area contributed by atoms with Crippen LogP contribution in [-0.4, -0.2) is 35.2 Å². The molecule has 2 aromatic heterocycles. The quantitative estimate of drug-likeness (QED) is 0.850. The summed E-state index contributed by atoms with van der Waals surface area (Å²) in [5, 5.41) is 10.1. The third-order valence-corrected chi connectivity index (χ3v) is 6.11. The van der Waals surface area contributed by atoms with Gasteiger partial charge in [0.2, 0.25) is 0 Å². The van der Waals surface area contributed by atoms with Crippen LogP contribution in [0.15, 0.2) is 12.4 Å². The molecule has 0 radical (unpaired) electrons. The number of nitrogens with one attached hydrogen (secondary N) is 2. The van der Waals surface area contributed by atoms with Crippen molar-refractivity contribution in [3.8, 4) is 10.4 Å². The first-order valence-electron chi connectivity index (χ1n) is 7.85. The zero-order valence-electron chi connectivity index (χ0n) is 12.8. The van der Waals surface area contributed by atoms with E-state index in [0.717, 1.165) is 36.4 Å². The van der Waals surface area contributed by atoms with E-state index in [1.807, 2.05) is 12.4 Å². The van der Waals surface area contributed by atoms with Gasteiger partial charge >= 0.3 is 0 Å². The maximum Gasteiger partial charge on any atom is 0.263 e. The maximum atomic E-state index is 12.7. The van der Waals surface area contributed by atoms with Crippen molar-refractivity contribution in [2.75, 3.05) is 18.0 Å². The van der Waals surface area contributed by atoms with Crippen LogP contribution in [0.1, 0.15) is 35.5 Å². The Bertz CT molecular complexity index is 706. The van der Waals surface area contributed by atoms with E-state index in [4.69, 9.17) is 0 Å². The summed E-state index contributed by atoms with van der Waals surface area (Å²) in [7, 11) is 0. The van der Waals surface area contributed by atoms with E-state index in [1.165, 1.54) is 16.1 Å². The molecule has 6 heteroatoms. The van der Waals surface area contributed by atoms with E-state index in [9.17, 15) is 4.79 Å². The highest BCUT2D eigenvalue weighted by Crippen LogP contribution is 2.45. The molecule has 2 aliphatic rings.